The van der Waals surface area contributed by atoms with Crippen LogP contribution in [0.15, 0.2) is 21.9 Å². The minimum Gasteiger partial charge on any atom is -0.387 e. The first-order valence-corrected chi connectivity index (χ1v) is 10.5. The molecule has 11 heteroatoms. The number of hydrogen-bond acceptors (Lipinski definition) is 8. The first kappa shape index (κ1) is 20.4. The van der Waals surface area contributed by atoms with Crippen molar-refractivity contribution in [2.75, 3.05) is 20.3 Å². The highest BCUT2D eigenvalue weighted by Crippen LogP contribution is 2.67. The van der Waals surface area contributed by atoms with Crippen LogP contribution in [0, 0.1) is 5.92 Å². The van der Waals surface area contributed by atoms with Gasteiger partial charge in [0.1, 0.15) is 12.2 Å². The van der Waals surface area contributed by atoms with Crippen LogP contribution in [0.2, 0.25) is 0 Å². The van der Waals surface area contributed by atoms with Crippen LogP contribution in [-0.2, 0) is 23.1 Å². The molecule has 1 aliphatic carbocycles. The van der Waals surface area contributed by atoms with Gasteiger partial charge in [-0.05, 0) is 20.3 Å². The van der Waals surface area contributed by atoms with Crippen molar-refractivity contribution in [3.05, 3.63) is 33.1 Å². The summed E-state index contributed by atoms with van der Waals surface area (Å²) in [5.74, 6) is -0.245. The second-order valence-corrected chi connectivity index (χ2v) is 8.80. The molecule has 2 fully saturated rings. The predicted octanol–water partition coefficient (Wildman–Crippen LogP) is 0.465. The summed E-state index contributed by atoms with van der Waals surface area (Å²) >= 11 is 0. The van der Waals surface area contributed by atoms with Crippen LogP contribution in [0.5, 0.6) is 0 Å². The molecule has 2 unspecified atom stereocenters. The normalized spacial score (nSPS) is 33.3. The van der Waals surface area contributed by atoms with Crippen molar-refractivity contribution >= 4 is 7.60 Å². The van der Waals surface area contributed by atoms with Crippen LogP contribution in [-0.4, -0.2) is 59.0 Å². The van der Waals surface area contributed by atoms with Crippen molar-refractivity contribution in [1.29, 1.82) is 0 Å². The largest absolute Gasteiger partial charge is 0.387 e. The summed E-state index contributed by atoms with van der Waals surface area (Å²) in [6.07, 6.45) is -1.66. The molecule has 2 aliphatic rings. The number of aromatic nitrogens is 2. The molecule has 0 bridgehead atoms. The molecule has 1 saturated carbocycles. The smallest absolute Gasteiger partial charge is 0.334 e. The molecule has 1 aromatic rings. The van der Waals surface area contributed by atoms with E-state index in [1.165, 1.54) is 23.9 Å². The molecule has 0 aromatic carbocycles. The summed E-state index contributed by atoms with van der Waals surface area (Å²) in [6.45, 7) is 3.99. The third-order valence-electron chi connectivity index (χ3n) is 4.90. The van der Waals surface area contributed by atoms with Gasteiger partial charge in [0.15, 0.2) is 6.23 Å². The zero-order chi connectivity index (χ0) is 19.8. The fourth-order valence-corrected chi connectivity index (χ4v) is 5.96. The van der Waals surface area contributed by atoms with Gasteiger partial charge >= 0.3 is 13.3 Å². The molecule has 6 atom stereocenters. The Morgan fingerprint density at radius 3 is 2.56 bits per heavy atom. The molecule has 1 aliphatic heterocycles. The average Bonchev–Trinajstić information content (AvgIpc) is 3.34. The van der Waals surface area contributed by atoms with E-state index in [2.05, 4.69) is 4.98 Å². The first-order valence-electron chi connectivity index (χ1n) is 8.92. The van der Waals surface area contributed by atoms with Crippen LogP contribution >= 0.6 is 7.60 Å². The number of rotatable bonds is 8. The number of ether oxygens (including phenoxy) is 2. The zero-order valence-electron chi connectivity index (χ0n) is 15.4. The number of methoxy groups -OCH3 is 1. The molecule has 152 valence electrons. The van der Waals surface area contributed by atoms with E-state index >= 15 is 0 Å². The Balaban J connectivity index is 1.81. The van der Waals surface area contributed by atoms with E-state index in [1.807, 2.05) is 0 Å². The van der Waals surface area contributed by atoms with Gasteiger partial charge in [-0.25, -0.2) is 4.79 Å². The Morgan fingerprint density at radius 2 is 2.00 bits per heavy atom. The maximum atomic E-state index is 12.9. The average molecular weight is 404 g/mol. The van der Waals surface area contributed by atoms with Crippen LogP contribution in [0.4, 0.5) is 0 Å². The Bertz CT molecular complexity index is 813. The third-order valence-corrected chi connectivity index (χ3v) is 7.54. The van der Waals surface area contributed by atoms with E-state index in [0.717, 1.165) is 0 Å². The lowest BCUT2D eigenvalue weighted by Gasteiger charge is -2.20. The topological polar surface area (TPSA) is 129 Å². The van der Waals surface area contributed by atoms with Crippen LogP contribution in [0.1, 0.15) is 26.5 Å². The summed E-state index contributed by atoms with van der Waals surface area (Å²) in [4.78, 5) is 25.5. The molecule has 2 heterocycles. The van der Waals surface area contributed by atoms with E-state index < -0.39 is 43.4 Å². The van der Waals surface area contributed by atoms with Gasteiger partial charge in [0.25, 0.3) is 5.56 Å². The molecular weight excluding hydrogens is 379 g/mol. The monoisotopic (exact) mass is 404 g/mol. The maximum absolute atomic E-state index is 12.9. The van der Waals surface area contributed by atoms with Gasteiger partial charge in [-0.3, -0.25) is 18.9 Å². The van der Waals surface area contributed by atoms with Crippen molar-refractivity contribution in [3.63, 3.8) is 0 Å². The SMILES string of the molecule is CCOP(=O)(OCC)C1CC1[C@H]1O[C@@H](n2ccc(=O)[nH]c2=O)[C@H](OC)[C@@H]1O. The second-order valence-electron chi connectivity index (χ2n) is 6.54. The number of nitrogens with zero attached hydrogens (tertiary/aromatic N) is 1. The minimum absolute atomic E-state index is 0.245. The Morgan fingerprint density at radius 1 is 1.33 bits per heavy atom. The Labute approximate surface area is 155 Å². The third kappa shape index (κ3) is 3.83. The minimum atomic E-state index is -3.30. The molecule has 3 rings (SSSR count). The van der Waals surface area contributed by atoms with Crippen molar-refractivity contribution in [3.8, 4) is 0 Å². The van der Waals surface area contributed by atoms with Crippen LogP contribution in [0.3, 0.4) is 0 Å². The highest BCUT2D eigenvalue weighted by molar-refractivity contribution is 7.55. The highest BCUT2D eigenvalue weighted by Gasteiger charge is 2.61. The number of aliphatic hydroxyl groups excluding tert-OH is 1. The second kappa shape index (κ2) is 7.98. The number of hydrogen-bond donors (Lipinski definition) is 2. The van der Waals surface area contributed by atoms with Gasteiger partial charge in [-0.2, -0.15) is 0 Å². The number of aliphatic hydroxyl groups is 1. The first-order chi connectivity index (χ1) is 12.9. The van der Waals surface area contributed by atoms with E-state index in [-0.39, 0.29) is 24.8 Å². The van der Waals surface area contributed by atoms with Crippen molar-refractivity contribution < 1.29 is 28.2 Å². The van der Waals surface area contributed by atoms with E-state index in [1.54, 1.807) is 13.8 Å². The fraction of sp³-hybridized carbons (Fsp3) is 0.750. The lowest BCUT2D eigenvalue weighted by atomic mass is 10.1. The van der Waals surface area contributed by atoms with Crippen molar-refractivity contribution in [2.45, 2.75) is 50.5 Å². The number of H-pyrrole nitrogens is 1. The molecule has 10 nitrogen and oxygen atoms in total. The van der Waals surface area contributed by atoms with Gasteiger partial charge in [0.05, 0.1) is 25.0 Å². The van der Waals surface area contributed by atoms with Crippen molar-refractivity contribution in [1.82, 2.24) is 9.55 Å². The molecule has 27 heavy (non-hydrogen) atoms. The molecular formula is C16H25N2O8P. The summed E-state index contributed by atoms with van der Waals surface area (Å²) in [5.41, 5.74) is -1.57. The number of aromatic amines is 1. The van der Waals surface area contributed by atoms with Gasteiger partial charge in [-0.1, -0.05) is 0 Å². The summed E-state index contributed by atoms with van der Waals surface area (Å²) < 4.78 is 36.1. The molecule has 2 N–H and O–H groups in total. The Kier molecular flexibility index (Phi) is 6.05. The molecule has 1 saturated heterocycles. The molecule has 1 aromatic heterocycles. The fourth-order valence-electron chi connectivity index (χ4n) is 3.64. The van der Waals surface area contributed by atoms with E-state index in [0.29, 0.717) is 6.42 Å². The summed E-state index contributed by atoms with van der Waals surface area (Å²) in [7, 11) is -1.90. The molecule has 0 amide bonds. The van der Waals surface area contributed by atoms with Crippen molar-refractivity contribution in [2.24, 2.45) is 5.92 Å². The zero-order valence-corrected chi connectivity index (χ0v) is 16.3. The molecule has 0 spiro atoms. The van der Waals surface area contributed by atoms with Crippen LogP contribution < -0.4 is 11.2 Å². The maximum Gasteiger partial charge on any atom is 0.334 e. The predicted molar refractivity (Wildman–Crippen MR) is 94.8 cm³/mol. The number of nitrogens with one attached hydrogen (secondary N) is 1. The van der Waals surface area contributed by atoms with Gasteiger partial charge < -0.3 is 23.6 Å². The summed E-state index contributed by atoms with van der Waals surface area (Å²) in [5, 5.41) is 10.7. The lowest BCUT2D eigenvalue weighted by Crippen LogP contribution is -2.38. The highest BCUT2D eigenvalue weighted by atomic mass is 31.2. The standard InChI is InChI=1S/C16H25N2O8P/c1-4-24-27(22,25-5-2)10-8-9(10)13-12(20)14(23-3)15(26-13)18-7-6-11(19)17-16(18)21/h6-7,9-10,12-15,20H,4-5,8H2,1-3H3,(H,17,19,21)/t9?,10?,12-,13-,14-,15-/m1/s1. The molecule has 0 radical (unpaired) electrons. The van der Waals surface area contributed by atoms with E-state index in [4.69, 9.17) is 18.5 Å². The summed E-state index contributed by atoms with van der Waals surface area (Å²) in [6, 6.07) is 1.19. The Hall–Kier alpha value is -1.29. The lowest BCUT2D eigenvalue weighted by molar-refractivity contribution is -0.0572. The van der Waals surface area contributed by atoms with Gasteiger partial charge in [-0.15, -0.1) is 0 Å². The van der Waals surface area contributed by atoms with E-state index in [9.17, 15) is 19.3 Å². The van der Waals surface area contributed by atoms with Gasteiger partial charge in [0.2, 0.25) is 0 Å². The van der Waals surface area contributed by atoms with Gasteiger partial charge in [0, 0.05) is 25.3 Å². The van der Waals surface area contributed by atoms with Crippen LogP contribution in [0.25, 0.3) is 0 Å². The quantitative estimate of drug-likeness (QED) is 0.598.